The number of aliphatic carboxylic acids is 1. The van der Waals surface area contributed by atoms with E-state index < -0.39 is 12.0 Å². The number of nitrogens with one attached hydrogen (secondary N) is 1. The maximum atomic E-state index is 12.0. The topological polar surface area (TPSA) is 66.4 Å². The molecule has 92 valence electrons. The molecule has 1 fully saturated rings. The van der Waals surface area contributed by atoms with Crippen LogP contribution in [-0.2, 0) is 9.59 Å². The van der Waals surface area contributed by atoms with Crippen molar-refractivity contribution in [3.8, 4) is 0 Å². The summed E-state index contributed by atoms with van der Waals surface area (Å²) in [7, 11) is 0. The largest absolute Gasteiger partial charge is 0.480 e. The molecule has 1 aliphatic carbocycles. The summed E-state index contributed by atoms with van der Waals surface area (Å²) in [6.07, 6.45) is 5.13. The lowest BCUT2D eigenvalue weighted by atomic mass is 9.87. The van der Waals surface area contributed by atoms with Crippen LogP contribution in [0.15, 0.2) is 0 Å². The van der Waals surface area contributed by atoms with Crippen LogP contribution in [0.25, 0.3) is 0 Å². The summed E-state index contributed by atoms with van der Waals surface area (Å²) >= 11 is 0. The molecule has 0 unspecified atom stereocenters. The summed E-state index contributed by atoms with van der Waals surface area (Å²) in [4.78, 5) is 22.9. The molecule has 0 saturated heterocycles. The average Bonchev–Trinajstić information content (AvgIpc) is 2.65. The molecule has 2 N–H and O–H groups in total. The van der Waals surface area contributed by atoms with Gasteiger partial charge in [0.25, 0.3) is 0 Å². The fourth-order valence-electron chi connectivity index (χ4n) is 2.26. The van der Waals surface area contributed by atoms with Crippen molar-refractivity contribution in [2.75, 3.05) is 0 Å². The first-order chi connectivity index (χ1) is 7.49. The minimum absolute atomic E-state index is 0.0918. The summed E-state index contributed by atoms with van der Waals surface area (Å²) < 4.78 is 0. The molecule has 4 heteroatoms. The smallest absolute Gasteiger partial charge is 0.326 e. The molecule has 4 nitrogen and oxygen atoms in total. The molecule has 0 heterocycles. The van der Waals surface area contributed by atoms with Gasteiger partial charge >= 0.3 is 5.97 Å². The van der Waals surface area contributed by atoms with Crippen LogP contribution in [0.5, 0.6) is 0 Å². The lowest BCUT2D eigenvalue weighted by Gasteiger charge is -2.24. The first-order valence-corrected chi connectivity index (χ1v) is 6.03. The molecule has 0 bridgehead atoms. The van der Waals surface area contributed by atoms with E-state index in [-0.39, 0.29) is 11.3 Å². The molecule has 0 aromatic rings. The highest BCUT2D eigenvalue weighted by molar-refractivity contribution is 5.87. The van der Waals surface area contributed by atoms with Crippen molar-refractivity contribution >= 4 is 11.9 Å². The summed E-state index contributed by atoms with van der Waals surface area (Å²) in [5.74, 6) is -1.03. The molecule has 0 radical (unpaired) electrons. The Hall–Kier alpha value is -1.06. The second-order valence-electron chi connectivity index (χ2n) is 4.92. The predicted molar refractivity (Wildman–Crippen MR) is 61.0 cm³/mol. The van der Waals surface area contributed by atoms with E-state index in [4.69, 9.17) is 5.11 Å². The van der Waals surface area contributed by atoms with E-state index in [1.54, 1.807) is 0 Å². The monoisotopic (exact) mass is 227 g/mol. The Balaban J connectivity index is 2.57. The van der Waals surface area contributed by atoms with Gasteiger partial charge in [-0.25, -0.2) is 4.79 Å². The minimum atomic E-state index is -0.934. The summed E-state index contributed by atoms with van der Waals surface area (Å²) in [5, 5.41) is 11.6. The van der Waals surface area contributed by atoms with Gasteiger partial charge in [-0.2, -0.15) is 0 Å². The predicted octanol–water partition coefficient (Wildman–Crippen LogP) is 1.94. The maximum Gasteiger partial charge on any atom is 0.326 e. The molecule has 16 heavy (non-hydrogen) atoms. The Bertz CT molecular complexity index is 269. The van der Waals surface area contributed by atoms with E-state index in [1.165, 1.54) is 0 Å². The van der Waals surface area contributed by atoms with Crippen LogP contribution in [0.4, 0.5) is 0 Å². The van der Waals surface area contributed by atoms with Crippen LogP contribution in [0.1, 0.15) is 52.4 Å². The Kier molecular flexibility index (Phi) is 4.33. The van der Waals surface area contributed by atoms with E-state index in [9.17, 15) is 9.59 Å². The zero-order valence-electron chi connectivity index (χ0n) is 10.1. The lowest BCUT2D eigenvalue weighted by molar-refractivity contribution is -0.143. The van der Waals surface area contributed by atoms with Crippen molar-refractivity contribution in [3.63, 3.8) is 0 Å². The minimum Gasteiger partial charge on any atom is -0.480 e. The van der Waals surface area contributed by atoms with Crippen molar-refractivity contribution in [2.24, 2.45) is 5.41 Å². The SMILES string of the molecule is CCC[C@@H](NC(=O)C1(C)CCCC1)C(=O)O. The molecule has 0 aromatic carbocycles. The van der Waals surface area contributed by atoms with E-state index in [0.717, 1.165) is 32.1 Å². The molecule has 1 atom stereocenters. The lowest BCUT2D eigenvalue weighted by Crippen LogP contribution is -2.46. The van der Waals surface area contributed by atoms with Gasteiger partial charge in [-0.15, -0.1) is 0 Å². The van der Waals surface area contributed by atoms with Crippen LogP contribution >= 0.6 is 0 Å². The fraction of sp³-hybridized carbons (Fsp3) is 0.833. The van der Waals surface area contributed by atoms with Crippen molar-refractivity contribution in [3.05, 3.63) is 0 Å². The van der Waals surface area contributed by atoms with Crippen molar-refractivity contribution in [1.82, 2.24) is 5.32 Å². The van der Waals surface area contributed by atoms with E-state index in [1.807, 2.05) is 13.8 Å². The third-order valence-electron chi connectivity index (χ3n) is 3.44. The number of hydrogen-bond donors (Lipinski definition) is 2. The van der Waals surface area contributed by atoms with Gasteiger partial charge < -0.3 is 10.4 Å². The van der Waals surface area contributed by atoms with Crippen molar-refractivity contribution < 1.29 is 14.7 Å². The van der Waals surface area contributed by atoms with E-state index in [0.29, 0.717) is 6.42 Å². The quantitative estimate of drug-likeness (QED) is 0.754. The third-order valence-corrected chi connectivity index (χ3v) is 3.44. The number of rotatable bonds is 5. The van der Waals surface area contributed by atoms with Gasteiger partial charge in [0.2, 0.25) is 5.91 Å². The highest BCUT2D eigenvalue weighted by atomic mass is 16.4. The van der Waals surface area contributed by atoms with Crippen LogP contribution in [0.2, 0.25) is 0 Å². The molecule has 0 spiro atoms. The number of hydrogen-bond acceptors (Lipinski definition) is 2. The first kappa shape index (κ1) is 13.0. The van der Waals surface area contributed by atoms with Gasteiger partial charge in [-0.3, -0.25) is 4.79 Å². The molecule has 1 amide bonds. The summed E-state index contributed by atoms with van der Waals surface area (Å²) in [5.41, 5.74) is -0.346. The number of amides is 1. The number of carboxylic acids is 1. The van der Waals surface area contributed by atoms with Crippen molar-refractivity contribution in [2.45, 2.75) is 58.4 Å². The van der Waals surface area contributed by atoms with E-state index >= 15 is 0 Å². The Morgan fingerprint density at radius 3 is 2.38 bits per heavy atom. The fourth-order valence-corrected chi connectivity index (χ4v) is 2.26. The maximum absolute atomic E-state index is 12.0. The second kappa shape index (κ2) is 5.32. The Labute approximate surface area is 96.4 Å². The molecule has 1 aliphatic rings. The molecule has 1 saturated carbocycles. The van der Waals surface area contributed by atoms with Crippen LogP contribution in [0, 0.1) is 5.41 Å². The van der Waals surface area contributed by atoms with Gasteiger partial charge in [0.15, 0.2) is 0 Å². The third kappa shape index (κ3) is 2.97. The zero-order chi connectivity index (χ0) is 12.2. The summed E-state index contributed by atoms with van der Waals surface area (Å²) in [6.45, 7) is 3.85. The van der Waals surface area contributed by atoms with Crippen LogP contribution < -0.4 is 5.32 Å². The number of carbonyl (C=O) groups is 2. The standard InChI is InChI=1S/C12H21NO3/c1-3-6-9(10(14)15)13-11(16)12(2)7-4-5-8-12/h9H,3-8H2,1-2H3,(H,13,16)(H,14,15)/t9-/m1/s1. The Morgan fingerprint density at radius 2 is 1.94 bits per heavy atom. The van der Waals surface area contributed by atoms with Gasteiger partial charge in [-0.05, 0) is 19.3 Å². The molecular weight excluding hydrogens is 206 g/mol. The van der Waals surface area contributed by atoms with Crippen LogP contribution in [0.3, 0.4) is 0 Å². The molecule has 0 aromatic heterocycles. The molecule has 1 rings (SSSR count). The van der Waals surface area contributed by atoms with Gasteiger partial charge in [0.1, 0.15) is 6.04 Å². The van der Waals surface area contributed by atoms with E-state index in [2.05, 4.69) is 5.32 Å². The van der Waals surface area contributed by atoms with Gasteiger partial charge in [0, 0.05) is 5.41 Å². The van der Waals surface area contributed by atoms with Gasteiger partial charge in [0.05, 0.1) is 0 Å². The van der Waals surface area contributed by atoms with Crippen molar-refractivity contribution in [1.29, 1.82) is 0 Å². The van der Waals surface area contributed by atoms with Crippen LogP contribution in [-0.4, -0.2) is 23.0 Å². The highest BCUT2D eigenvalue weighted by Gasteiger charge is 2.37. The van der Waals surface area contributed by atoms with Gasteiger partial charge in [-0.1, -0.05) is 33.1 Å². The summed E-state index contributed by atoms with van der Waals surface area (Å²) in [6, 6.07) is -0.727. The normalized spacial score (nSPS) is 20.4. The highest BCUT2D eigenvalue weighted by Crippen LogP contribution is 2.37. The Morgan fingerprint density at radius 1 is 1.38 bits per heavy atom. The number of carboxylic acid groups (broad SMARTS) is 1. The second-order valence-corrected chi connectivity index (χ2v) is 4.92. The number of carbonyl (C=O) groups excluding carboxylic acids is 1. The average molecular weight is 227 g/mol. The first-order valence-electron chi connectivity index (χ1n) is 6.03. The zero-order valence-corrected chi connectivity index (χ0v) is 10.1. The molecule has 0 aliphatic heterocycles. The molecular formula is C12H21NO3.